The molecule has 9 heteroatoms. The average Bonchev–Trinajstić information content (AvgIpc) is 3.21. The molecule has 0 saturated carbocycles. The molecule has 3 rings (SSSR count). The Morgan fingerprint density at radius 2 is 1.93 bits per heavy atom. The van der Waals surface area contributed by atoms with Gasteiger partial charge in [-0.25, -0.2) is 0 Å². The van der Waals surface area contributed by atoms with Gasteiger partial charge in [-0.1, -0.05) is 28.9 Å². The third-order valence-electron chi connectivity index (χ3n) is 4.38. The molecule has 0 radical (unpaired) electrons. The molecule has 0 spiro atoms. The maximum atomic E-state index is 5.91. The summed E-state index contributed by atoms with van der Waals surface area (Å²) in [6.45, 7) is 3.13. The Morgan fingerprint density at radius 3 is 2.63 bits per heavy atom. The van der Waals surface area contributed by atoms with E-state index < -0.39 is 0 Å². The number of nitrogens with zero attached hydrogens (tertiary/aromatic N) is 3. The Labute approximate surface area is 198 Å². The van der Waals surface area contributed by atoms with Crippen molar-refractivity contribution in [3.8, 4) is 17.1 Å². The molecule has 3 aromatic rings. The summed E-state index contributed by atoms with van der Waals surface area (Å²) in [5.74, 6) is 2.56. The molecule has 2 aromatic carbocycles. The molecule has 160 valence electrons. The number of nitrogens with one attached hydrogen (secondary N) is 2. The number of methoxy groups -OCH3 is 1. The van der Waals surface area contributed by atoms with Crippen LogP contribution in [-0.2, 0) is 13.0 Å². The van der Waals surface area contributed by atoms with Gasteiger partial charge in [0.25, 0.3) is 0 Å². The van der Waals surface area contributed by atoms with Crippen molar-refractivity contribution in [2.45, 2.75) is 19.9 Å². The number of aromatic nitrogens is 2. The van der Waals surface area contributed by atoms with E-state index in [-0.39, 0.29) is 24.0 Å². The number of hydrogen-bond acceptors (Lipinski definition) is 5. The molecule has 0 fully saturated rings. The number of ether oxygens (including phenoxy) is 1. The summed E-state index contributed by atoms with van der Waals surface area (Å²) in [6, 6.07) is 13.5. The minimum absolute atomic E-state index is 0. The fraction of sp³-hybridized carbons (Fsp3) is 0.286. The summed E-state index contributed by atoms with van der Waals surface area (Å²) in [5.41, 5.74) is 3.17. The Balaban J connectivity index is 0.00000320. The molecule has 0 amide bonds. The Kier molecular flexibility index (Phi) is 9.38. The van der Waals surface area contributed by atoms with Crippen LogP contribution in [0.25, 0.3) is 11.4 Å². The first-order valence-electron chi connectivity index (χ1n) is 9.25. The van der Waals surface area contributed by atoms with Crippen molar-refractivity contribution < 1.29 is 9.26 Å². The molecule has 0 saturated heterocycles. The van der Waals surface area contributed by atoms with Crippen LogP contribution in [0.4, 0.5) is 0 Å². The van der Waals surface area contributed by atoms with Crippen LogP contribution >= 0.6 is 35.6 Å². The maximum Gasteiger partial charge on any atom is 0.246 e. The van der Waals surface area contributed by atoms with Gasteiger partial charge >= 0.3 is 0 Å². The molecule has 1 heterocycles. The van der Waals surface area contributed by atoms with E-state index in [4.69, 9.17) is 20.9 Å². The fourth-order valence-corrected chi connectivity index (χ4v) is 2.89. The first kappa shape index (κ1) is 23.9. The number of aliphatic imine (C=N–C) groups is 1. The number of hydrogen-bond donors (Lipinski definition) is 2. The topological polar surface area (TPSA) is 84.6 Å². The summed E-state index contributed by atoms with van der Waals surface area (Å²) in [5, 5.41) is 11.1. The number of halogens is 2. The third-order valence-corrected chi connectivity index (χ3v) is 4.63. The van der Waals surface area contributed by atoms with Gasteiger partial charge in [0.15, 0.2) is 5.96 Å². The van der Waals surface area contributed by atoms with E-state index in [0.717, 1.165) is 29.8 Å². The Morgan fingerprint density at radius 1 is 1.17 bits per heavy atom. The molecule has 0 bridgehead atoms. The van der Waals surface area contributed by atoms with Gasteiger partial charge in [-0.2, -0.15) is 4.98 Å². The van der Waals surface area contributed by atoms with E-state index in [9.17, 15) is 0 Å². The van der Waals surface area contributed by atoms with Crippen LogP contribution in [0.2, 0.25) is 5.02 Å². The second kappa shape index (κ2) is 11.8. The van der Waals surface area contributed by atoms with Gasteiger partial charge in [-0.05, 0) is 54.8 Å². The van der Waals surface area contributed by atoms with Crippen LogP contribution in [0.15, 0.2) is 52.0 Å². The number of aryl methyl sites for hydroxylation is 1. The van der Waals surface area contributed by atoms with Crippen molar-refractivity contribution in [2.75, 3.05) is 20.7 Å². The van der Waals surface area contributed by atoms with Gasteiger partial charge in [-0.3, -0.25) is 4.99 Å². The smallest absolute Gasteiger partial charge is 0.246 e. The van der Waals surface area contributed by atoms with E-state index >= 15 is 0 Å². The highest BCUT2D eigenvalue weighted by Gasteiger charge is 2.09. The SMILES string of the molecule is CN=C(NCCc1ccc(C)c(OC)c1)NCc1nc(-c2ccc(Cl)cc2)no1.I. The number of rotatable bonds is 7. The van der Waals surface area contributed by atoms with Gasteiger partial charge in [0.1, 0.15) is 5.75 Å². The van der Waals surface area contributed by atoms with Crippen LogP contribution in [0.1, 0.15) is 17.0 Å². The highest BCUT2D eigenvalue weighted by atomic mass is 127. The molecule has 30 heavy (non-hydrogen) atoms. The molecule has 7 nitrogen and oxygen atoms in total. The van der Waals surface area contributed by atoms with Crippen molar-refractivity contribution in [1.29, 1.82) is 0 Å². The predicted octanol–water partition coefficient (Wildman–Crippen LogP) is 4.23. The normalized spacial score (nSPS) is 11.0. The summed E-state index contributed by atoms with van der Waals surface area (Å²) in [4.78, 5) is 8.61. The molecule has 0 aliphatic rings. The van der Waals surface area contributed by atoms with Crippen LogP contribution in [0.5, 0.6) is 5.75 Å². The molecule has 0 aliphatic carbocycles. The molecule has 0 unspecified atom stereocenters. The molecule has 0 atom stereocenters. The minimum atomic E-state index is 0. The first-order valence-corrected chi connectivity index (χ1v) is 9.63. The van der Waals surface area contributed by atoms with Gasteiger partial charge in [-0.15, -0.1) is 24.0 Å². The van der Waals surface area contributed by atoms with Gasteiger partial charge in [0.2, 0.25) is 11.7 Å². The monoisotopic (exact) mass is 541 g/mol. The maximum absolute atomic E-state index is 5.91. The lowest BCUT2D eigenvalue weighted by Crippen LogP contribution is -2.37. The first-order chi connectivity index (χ1) is 14.1. The highest BCUT2D eigenvalue weighted by Crippen LogP contribution is 2.19. The summed E-state index contributed by atoms with van der Waals surface area (Å²) in [6.07, 6.45) is 0.846. The van der Waals surface area contributed by atoms with Crippen LogP contribution in [0, 0.1) is 6.92 Å². The quantitative estimate of drug-likeness (QED) is 0.265. The number of benzene rings is 2. The Hall–Kier alpha value is -2.33. The van der Waals surface area contributed by atoms with Gasteiger partial charge < -0.3 is 19.9 Å². The van der Waals surface area contributed by atoms with Crippen molar-refractivity contribution >= 4 is 41.5 Å². The van der Waals surface area contributed by atoms with Crippen molar-refractivity contribution in [1.82, 2.24) is 20.8 Å². The lowest BCUT2D eigenvalue weighted by Gasteiger charge is -2.11. The van der Waals surface area contributed by atoms with E-state index in [1.165, 1.54) is 5.56 Å². The van der Waals surface area contributed by atoms with Gasteiger partial charge in [0.05, 0.1) is 13.7 Å². The van der Waals surface area contributed by atoms with Crippen LogP contribution in [0.3, 0.4) is 0 Å². The second-order valence-electron chi connectivity index (χ2n) is 6.43. The van der Waals surface area contributed by atoms with E-state index in [2.05, 4.69) is 44.0 Å². The largest absolute Gasteiger partial charge is 0.496 e. The summed E-state index contributed by atoms with van der Waals surface area (Å²) in [7, 11) is 3.41. The third kappa shape index (κ3) is 6.60. The number of guanidine groups is 1. The van der Waals surface area contributed by atoms with Crippen molar-refractivity contribution in [3.05, 3.63) is 64.5 Å². The zero-order valence-electron chi connectivity index (χ0n) is 17.1. The fourth-order valence-electron chi connectivity index (χ4n) is 2.77. The summed E-state index contributed by atoms with van der Waals surface area (Å²) >= 11 is 5.91. The van der Waals surface area contributed by atoms with Crippen LogP contribution < -0.4 is 15.4 Å². The lowest BCUT2D eigenvalue weighted by atomic mass is 10.1. The second-order valence-corrected chi connectivity index (χ2v) is 6.86. The zero-order valence-corrected chi connectivity index (χ0v) is 20.2. The van der Waals surface area contributed by atoms with E-state index in [1.54, 1.807) is 26.3 Å². The zero-order chi connectivity index (χ0) is 20.6. The van der Waals surface area contributed by atoms with Crippen molar-refractivity contribution in [3.63, 3.8) is 0 Å². The Bertz CT molecular complexity index is 976. The lowest BCUT2D eigenvalue weighted by molar-refractivity contribution is 0.375. The van der Waals surface area contributed by atoms with Crippen LogP contribution in [-0.4, -0.2) is 36.8 Å². The van der Waals surface area contributed by atoms with E-state index in [0.29, 0.717) is 29.2 Å². The van der Waals surface area contributed by atoms with Crippen molar-refractivity contribution in [2.24, 2.45) is 4.99 Å². The molecular weight excluding hydrogens is 517 g/mol. The highest BCUT2D eigenvalue weighted by molar-refractivity contribution is 14.0. The predicted molar refractivity (Wildman–Crippen MR) is 130 cm³/mol. The molecule has 1 aromatic heterocycles. The standard InChI is InChI=1S/C21H24ClN5O2.HI/c1-14-4-5-15(12-18(14)28-3)10-11-24-21(23-2)25-13-19-26-20(27-29-19)16-6-8-17(22)9-7-16;/h4-9,12H,10-11,13H2,1-3H3,(H2,23,24,25);1H. The molecule has 0 aliphatic heterocycles. The van der Waals surface area contributed by atoms with E-state index in [1.807, 2.05) is 19.1 Å². The molecule has 2 N–H and O–H groups in total. The minimum Gasteiger partial charge on any atom is -0.496 e. The van der Waals surface area contributed by atoms with Gasteiger partial charge in [0, 0.05) is 24.2 Å². The summed E-state index contributed by atoms with van der Waals surface area (Å²) < 4.78 is 10.7. The average molecular weight is 542 g/mol. The molecular formula is C21H25ClIN5O2.